The second-order valence-corrected chi connectivity index (χ2v) is 5.50. The first-order valence-electron chi connectivity index (χ1n) is 6.63. The number of fused-ring (bicyclic) bond motifs is 1. The number of hydrogen-bond donors (Lipinski definition) is 1. The number of carboxylic acid groups (broad SMARTS) is 1. The molecule has 0 aromatic carbocycles. The molecule has 2 unspecified atom stereocenters. The zero-order valence-electron chi connectivity index (χ0n) is 10.4. The summed E-state index contributed by atoms with van der Waals surface area (Å²) in [7, 11) is 0. The number of rotatable bonds is 3. The first kappa shape index (κ1) is 11.7. The molecular weight excluding hydrogens is 228 g/mol. The van der Waals surface area contributed by atoms with Gasteiger partial charge in [0.15, 0.2) is 0 Å². The number of carboxylic acids is 1. The lowest BCUT2D eigenvalue weighted by Gasteiger charge is -2.16. The van der Waals surface area contributed by atoms with Gasteiger partial charge in [0, 0.05) is 25.8 Å². The van der Waals surface area contributed by atoms with E-state index in [9.17, 15) is 4.79 Å². The van der Waals surface area contributed by atoms with Gasteiger partial charge in [0.25, 0.3) is 0 Å². The molecule has 1 aromatic rings. The van der Waals surface area contributed by atoms with Crippen molar-refractivity contribution in [2.24, 2.45) is 11.8 Å². The number of aromatic carboxylic acids is 1. The van der Waals surface area contributed by atoms with Gasteiger partial charge in [0.05, 0.1) is 0 Å². The Bertz CT molecular complexity index is 449. The van der Waals surface area contributed by atoms with Gasteiger partial charge in [0.1, 0.15) is 5.69 Å². The third-order valence-corrected chi connectivity index (χ3v) is 4.25. The Balaban J connectivity index is 1.66. The van der Waals surface area contributed by atoms with E-state index in [0.717, 1.165) is 23.9 Å². The lowest BCUT2D eigenvalue weighted by molar-refractivity contribution is 0.0690. The number of carbonyl (C=O) groups is 1. The average Bonchev–Trinajstić information content (AvgIpc) is 2.90. The quantitative estimate of drug-likeness (QED) is 0.886. The zero-order chi connectivity index (χ0) is 12.5. The highest BCUT2D eigenvalue weighted by atomic mass is 16.4. The molecule has 1 saturated carbocycles. The summed E-state index contributed by atoms with van der Waals surface area (Å²) in [5, 5.41) is 8.93. The van der Waals surface area contributed by atoms with Crippen LogP contribution in [0.4, 0.5) is 0 Å². The summed E-state index contributed by atoms with van der Waals surface area (Å²) in [6.07, 6.45) is 5.73. The fraction of sp³-hybridized carbons (Fsp3) is 0.571. The number of pyridine rings is 1. The third kappa shape index (κ3) is 2.25. The van der Waals surface area contributed by atoms with Crippen molar-refractivity contribution >= 4 is 5.97 Å². The molecule has 0 spiro atoms. The molecule has 2 aliphatic rings. The summed E-state index contributed by atoms with van der Waals surface area (Å²) in [6, 6.07) is 3.61. The number of nitrogens with zero attached hydrogens (tertiary/aromatic N) is 2. The standard InChI is InChI=1S/C14H18N2O2/c17-14(18)13-6-10(4-5-15-13)7-16-8-11-2-1-3-12(11)9-16/h4-6,11-12H,1-3,7-9H2,(H,17,18). The van der Waals surface area contributed by atoms with Crippen LogP contribution in [0.1, 0.15) is 35.3 Å². The van der Waals surface area contributed by atoms with Crippen LogP contribution in [0.2, 0.25) is 0 Å². The summed E-state index contributed by atoms with van der Waals surface area (Å²) in [5.74, 6) is 0.812. The second kappa shape index (κ2) is 4.69. The molecule has 3 rings (SSSR count). The molecule has 1 aromatic heterocycles. The highest BCUT2D eigenvalue weighted by Crippen LogP contribution is 2.38. The lowest BCUT2D eigenvalue weighted by atomic mass is 10.0. The van der Waals surface area contributed by atoms with Gasteiger partial charge in [-0.3, -0.25) is 4.90 Å². The zero-order valence-corrected chi connectivity index (χ0v) is 10.4. The van der Waals surface area contributed by atoms with E-state index in [-0.39, 0.29) is 5.69 Å². The average molecular weight is 246 g/mol. The maximum Gasteiger partial charge on any atom is 0.354 e. The van der Waals surface area contributed by atoms with Gasteiger partial charge in [-0.05, 0) is 42.4 Å². The van der Waals surface area contributed by atoms with Gasteiger partial charge in [-0.25, -0.2) is 9.78 Å². The van der Waals surface area contributed by atoms with Crippen LogP contribution in [0.15, 0.2) is 18.3 Å². The minimum absolute atomic E-state index is 0.145. The molecule has 1 N–H and O–H groups in total. The SMILES string of the molecule is O=C(O)c1cc(CN2CC3CCCC3C2)ccn1. The fourth-order valence-electron chi connectivity index (χ4n) is 3.41. The summed E-state index contributed by atoms with van der Waals surface area (Å²) in [5.41, 5.74) is 1.20. The Kier molecular flexibility index (Phi) is 3.04. The van der Waals surface area contributed by atoms with Gasteiger partial charge < -0.3 is 5.11 Å². The second-order valence-electron chi connectivity index (χ2n) is 5.50. The molecule has 18 heavy (non-hydrogen) atoms. The Morgan fingerprint density at radius 1 is 1.39 bits per heavy atom. The van der Waals surface area contributed by atoms with E-state index in [2.05, 4.69) is 9.88 Å². The molecule has 2 heterocycles. The molecule has 1 saturated heterocycles. The molecule has 2 fully saturated rings. The van der Waals surface area contributed by atoms with Gasteiger partial charge in [-0.2, -0.15) is 0 Å². The van der Waals surface area contributed by atoms with E-state index in [1.165, 1.54) is 32.4 Å². The predicted molar refractivity (Wildman–Crippen MR) is 67.3 cm³/mol. The van der Waals surface area contributed by atoms with Crippen LogP contribution < -0.4 is 0 Å². The van der Waals surface area contributed by atoms with Crippen molar-refractivity contribution in [3.8, 4) is 0 Å². The van der Waals surface area contributed by atoms with Crippen LogP contribution in [-0.2, 0) is 6.54 Å². The molecular formula is C14H18N2O2. The van der Waals surface area contributed by atoms with E-state index in [1.807, 2.05) is 6.07 Å². The van der Waals surface area contributed by atoms with Crippen molar-refractivity contribution in [3.05, 3.63) is 29.6 Å². The number of aromatic nitrogens is 1. The van der Waals surface area contributed by atoms with E-state index >= 15 is 0 Å². The summed E-state index contributed by atoms with van der Waals surface area (Å²) >= 11 is 0. The molecule has 1 aliphatic carbocycles. The first-order valence-corrected chi connectivity index (χ1v) is 6.63. The minimum atomic E-state index is -0.949. The van der Waals surface area contributed by atoms with Crippen molar-refractivity contribution in [1.29, 1.82) is 0 Å². The van der Waals surface area contributed by atoms with Crippen LogP contribution in [-0.4, -0.2) is 34.0 Å². The van der Waals surface area contributed by atoms with Crippen LogP contribution in [0, 0.1) is 11.8 Å². The number of likely N-dealkylation sites (tertiary alicyclic amines) is 1. The van der Waals surface area contributed by atoms with Crippen LogP contribution in [0.25, 0.3) is 0 Å². The van der Waals surface area contributed by atoms with E-state index < -0.39 is 5.97 Å². The smallest absolute Gasteiger partial charge is 0.354 e. The van der Waals surface area contributed by atoms with E-state index in [0.29, 0.717) is 0 Å². The highest BCUT2D eigenvalue weighted by Gasteiger charge is 2.35. The molecule has 0 amide bonds. The maximum atomic E-state index is 10.9. The molecule has 4 heteroatoms. The number of hydrogen-bond acceptors (Lipinski definition) is 3. The van der Waals surface area contributed by atoms with Crippen molar-refractivity contribution < 1.29 is 9.90 Å². The minimum Gasteiger partial charge on any atom is -0.477 e. The van der Waals surface area contributed by atoms with E-state index in [1.54, 1.807) is 12.3 Å². The third-order valence-electron chi connectivity index (χ3n) is 4.25. The Hall–Kier alpha value is -1.42. The van der Waals surface area contributed by atoms with Crippen molar-refractivity contribution in [2.75, 3.05) is 13.1 Å². The monoisotopic (exact) mass is 246 g/mol. The predicted octanol–water partition coefficient (Wildman–Crippen LogP) is 2.01. The lowest BCUT2D eigenvalue weighted by Crippen LogP contribution is -2.21. The Labute approximate surface area is 107 Å². The fourth-order valence-corrected chi connectivity index (χ4v) is 3.41. The summed E-state index contributed by atoms with van der Waals surface area (Å²) in [4.78, 5) is 17.2. The largest absolute Gasteiger partial charge is 0.477 e. The van der Waals surface area contributed by atoms with Gasteiger partial charge in [-0.1, -0.05) is 6.42 Å². The van der Waals surface area contributed by atoms with Crippen LogP contribution >= 0.6 is 0 Å². The molecule has 0 bridgehead atoms. The van der Waals surface area contributed by atoms with Crippen molar-refractivity contribution in [1.82, 2.24) is 9.88 Å². The van der Waals surface area contributed by atoms with E-state index in [4.69, 9.17) is 5.11 Å². The molecule has 4 nitrogen and oxygen atoms in total. The van der Waals surface area contributed by atoms with Gasteiger partial charge in [-0.15, -0.1) is 0 Å². The summed E-state index contributed by atoms with van der Waals surface area (Å²) < 4.78 is 0. The topological polar surface area (TPSA) is 53.4 Å². The van der Waals surface area contributed by atoms with Crippen LogP contribution in [0.3, 0.4) is 0 Å². The maximum absolute atomic E-state index is 10.9. The molecule has 1 aliphatic heterocycles. The highest BCUT2D eigenvalue weighted by molar-refractivity contribution is 5.85. The van der Waals surface area contributed by atoms with Crippen molar-refractivity contribution in [2.45, 2.75) is 25.8 Å². The normalized spacial score (nSPS) is 27.3. The molecule has 96 valence electrons. The van der Waals surface area contributed by atoms with Crippen molar-refractivity contribution in [3.63, 3.8) is 0 Å². The molecule has 0 radical (unpaired) electrons. The summed E-state index contributed by atoms with van der Waals surface area (Å²) in [6.45, 7) is 3.21. The first-order chi connectivity index (χ1) is 8.72. The van der Waals surface area contributed by atoms with Gasteiger partial charge >= 0.3 is 5.97 Å². The molecule has 2 atom stereocenters. The van der Waals surface area contributed by atoms with Gasteiger partial charge in [0.2, 0.25) is 0 Å². The Morgan fingerprint density at radius 3 is 2.78 bits per heavy atom. The Morgan fingerprint density at radius 2 is 2.11 bits per heavy atom. The van der Waals surface area contributed by atoms with Crippen LogP contribution in [0.5, 0.6) is 0 Å².